The predicted octanol–water partition coefficient (Wildman–Crippen LogP) is 4.79. The first-order valence-corrected chi connectivity index (χ1v) is 5.58. The van der Waals surface area contributed by atoms with E-state index in [4.69, 9.17) is 0 Å². The van der Waals surface area contributed by atoms with Crippen molar-refractivity contribution in [3.05, 3.63) is 35.1 Å². The van der Waals surface area contributed by atoms with Gasteiger partial charge in [-0.05, 0) is 30.7 Å². The Bertz CT molecular complexity index is 617. The average Bonchev–Trinajstić information content (AvgIpc) is 2.36. The summed E-state index contributed by atoms with van der Waals surface area (Å²) in [4.78, 5) is 11.4. The largest absolute Gasteiger partial charge is 0.460 e. The number of hydrogen-bond acceptors (Lipinski definition) is 1. The van der Waals surface area contributed by atoms with Gasteiger partial charge >= 0.3 is 23.9 Å². The van der Waals surface area contributed by atoms with Gasteiger partial charge < -0.3 is 0 Å². The molecule has 1 rings (SSSR count). The molecular formula is C12H6F10O. The maximum absolute atomic E-state index is 13.4. The van der Waals surface area contributed by atoms with Gasteiger partial charge in [0, 0.05) is 5.56 Å². The number of ketones is 1. The lowest BCUT2D eigenvalue weighted by Gasteiger charge is -2.32. The molecular weight excluding hydrogens is 350 g/mol. The minimum absolute atomic E-state index is 0.280. The summed E-state index contributed by atoms with van der Waals surface area (Å²) < 4.78 is 127. The first kappa shape index (κ1) is 19.2. The van der Waals surface area contributed by atoms with Gasteiger partial charge in [-0.3, -0.25) is 4.79 Å². The molecule has 0 saturated heterocycles. The van der Waals surface area contributed by atoms with Crippen molar-refractivity contribution in [2.24, 2.45) is 0 Å². The summed E-state index contributed by atoms with van der Waals surface area (Å²) in [5, 5.41) is 0. The summed E-state index contributed by atoms with van der Waals surface area (Å²) in [7, 11) is 0. The molecule has 0 aliphatic carbocycles. The molecule has 23 heavy (non-hydrogen) atoms. The van der Waals surface area contributed by atoms with Crippen molar-refractivity contribution in [1.82, 2.24) is 0 Å². The van der Waals surface area contributed by atoms with Crippen LogP contribution in [-0.2, 0) is 0 Å². The zero-order valence-electron chi connectivity index (χ0n) is 10.9. The molecule has 130 valence electrons. The van der Waals surface area contributed by atoms with Crippen LogP contribution in [0.25, 0.3) is 0 Å². The number of rotatable bonds is 4. The van der Waals surface area contributed by atoms with Crippen LogP contribution in [0.5, 0.6) is 0 Å². The Morgan fingerprint density at radius 2 is 1.35 bits per heavy atom. The number of benzene rings is 1. The molecule has 1 nitrogen and oxygen atoms in total. The van der Waals surface area contributed by atoms with Gasteiger partial charge in [0.05, 0.1) is 0 Å². The highest BCUT2D eigenvalue weighted by Crippen LogP contribution is 2.53. The van der Waals surface area contributed by atoms with Gasteiger partial charge in [-0.25, -0.2) is 4.39 Å². The SMILES string of the molecule is Cc1cc(F)ccc1C(=O)C(F)(F)C(F)(F)C(F)(F)C(F)(F)F. The summed E-state index contributed by atoms with van der Waals surface area (Å²) in [5.41, 5.74) is -1.95. The molecule has 0 N–H and O–H groups in total. The van der Waals surface area contributed by atoms with E-state index in [1.54, 1.807) is 0 Å². The summed E-state index contributed by atoms with van der Waals surface area (Å²) in [5.74, 6) is -24.6. The third kappa shape index (κ3) is 2.88. The van der Waals surface area contributed by atoms with Gasteiger partial charge in [-0.1, -0.05) is 0 Å². The molecule has 1 aromatic rings. The summed E-state index contributed by atoms with van der Waals surface area (Å²) in [6.45, 7) is 0.812. The molecule has 0 saturated carbocycles. The van der Waals surface area contributed by atoms with E-state index >= 15 is 0 Å². The summed E-state index contributed by atoms with van der Waals surface area (Å²) in [6, 6.07) is 1.11. The van der Waals surface area contributed by atoms with Crippen LogP contribution in [0.1, 0.15) is 15.9 Å². The lowest BCUT2D eigenvalue weighted by atomic mass is 9.93. The summed E-state index contributed by atoms with van der Waals surface area (Å²) in [6.07, 6.45) is -7.02. The topological polar surface area (TPSA) is 17.1 Å². The Hall–Kier alpha value is -1.81. The molecule has 0 atom stereocenters. The van der Waals surface area contributed by atoms with E-state index in [1.807, 2.05) is 0 Å². The van der Waals surface area contributed by atoms with Crippen LogP contribution < -0.4 is 0 Å². The maximum atomic E-state index is 13.4. The van der Waals surface area contributed by atoms with Crippen LogP contribution in [0.4, 0.5) is 43.9 Å². The van der Waals surface area contributed by atoms with Gasteiger partial charge in [-0.15, -0.1) is 0 Å². The van der Waals surface area contributed by atoms with Crippen molar-refractivity contribution in [3.8, 4) is 0 Å². The van der Waals surface area contributed by atoms with Crippen molar-refractivity contribution in [3.63, 3.8) is 0 Å². The smallest absolute Gasteiger partial charge is 0.287 e. The van der Waals surface area contributed by atoms with Gasteiger partial charge in [-0.2, -0.15) is 39.5 Å². The van der Waals surface area contributed by atoms with Gasteiger partial charge in [0.15, 0.2) is 0 Å². The van der Waals surface area contributed by atoms with E-state index in [0.29, 0.717) is 12.1 Å². The Morgan fingerprint density at radius 1 is 0.870 bits per heavy atom. The third-order valence-corrected chi connectivity index (χ3v) is 2.86. The van der Waals surface area contributed by atoms with Crippen LogP contribution in [0.15, 0.2) is 18.2 Å². The standard InChI is InChI=1S/C12H6F10O/c1-5-4-6(13)2-3-7(5)8(23)9(14,15)10(16,17)11(18,19)12(20,21)22/h2-4H,1H3. The van der Waals surface area contributed by atoms with Crippen molar-refractivity contribution in [2.75, 3.05) is 0 Å². The van der Waals surface area contributed by atoms with Crippen molar-refractivity contribution in [1.29, 1.82) is 0 Å². The molecule has 0 unspecified atom stereocenters. The minimum atomic E-state index is -7.16. The van der Waals surface area contributed by atoms with Crippen molar-refractivity contribution in [2.45, 2.75) is 30.9 Å². The molecule has 0 aromatic heterocycles. The fraction of sp³-hybridized carbons (Fsp3) is 0.417. The zero-order valence-corrected chi connectivity index (χ0v) is 10.9. The average molecular weight is 356 g/mol. The number of Topliss-reactive ketones (excluding diaryl/α,β-unsaturated/α-hetero) is 1. The molecule has 0 bridgehead atoms. The molecule has 0 radical (unpaired) electrons. The number of halogens is 10. The van der Waals surface area contributed by atoms with Crippen LogP contribution in [0, 0.1) is 12.7 Å². The van der Waals surface area contributed by atoms with E-state index in [-0.39, 0.29) is 6.07 Å². The minimum Gasteiger partial charge on any atom is -0.287 e. The van der Waals surface area contributed by atoms with Crippen molar-refractivity contribution < 1.29 is 48.7 Å². The quantitative estimate of drug-likeness (QED) is 0.560. The second kappa shape index (κ2) is 5.38. The van der Waals surface area contributed by atoms with E-state index in [9.17, 15) is 48.7 Å². The third-order valence-electron chi connectivity index (χ3n) is 2.86. The van der Waals surface area contributed by atoms with Crippen LogP contribution in [0.2, 0.25) is 0 Å². The van der Waals surface area contributed by atoms with Gasteiger partial charge in [0.25, 0.3) is 0 Å². The van der Waals surface area contributed by atoms with E-state index < -0.39 is 46.7 Å². The number of carbonyl (C=O) groups excluding carboxylic acids is 1. The molecule has 0 amide bonds. The fourth-order valence-corrected chi connectivity index (χ4v) is 1.57. The molecule has 0 fully saturated rings. The van der Waals surface area contributed by atoms with Crippen LogP contribution >= 0.6 is 0 Å². The highest BCUT2D eigenvalue weighted by Gasteiger charge is 2.83. The lowest BCUT2D eigenvalue weighted by Crippen LogP contribution is -2.63. The van der Waals surface area contributed by atoms with Gasteiger partial charge in [0.2, 0.25) is 5.78 Å². The number of hydrogen-bond donors (Lipinski definition) is 0. The van der Waals surface area contributed by atoms with Crippen LogP contribution in [0.3, 0.4) is 0 Å². The van der Waals surface area contributed by atoms with E-state index in [0.717, 1.165) is 6.92 Å². The molecule has 0 aliphatic heterocycles. The molecule has 0 spiro atoms. The Kier molecular flexibility index (Phi) is 4.50. The number of aryl methyl sites for hydroxylation is 1. The molecule has 1 aromatic carbocycles. The molecule has 0 heterocycles. The Morgan fingerprint density at radius 3 is 1.74 bits per heavy atom. The summed E-state index contributed by atoms with van der Waals surface area (Å²) >= 11 is 0. The second-order valence-electron chi connectivity index (χ2n) is 4.51. The second-order valence-corrected chi connectivity index (χ2v) is 4.51. The fourth-order valence-electron chi connectivity index (χ4n) is 1.57. The normalized spacial score (nSPS) is 14.0. The Balaban J connectivity index is 3.42. The highest BCUT2D eigenvalue weighted by molar-refractivity contribution is 6.03. The first-order valence-electron chi connectivity index (χ1n) is 5.58. The zero-order chi connectivity index (χ0) is 18.4. The van der Waals surface area contributed by atoms with E-state index in [2.05, 4.69) is 0 Å². The Labute approximate surface area is 121 Å². The first-order chi connectivity index (χ1) is 10.1. The highest BCUT2D eigenvalue weighted by atomic mass is 19.4. The predicted molar refractivity (Wildman–Crippen MR) is 56.4 cm³/mol. The van der Waals surface area contributed by atoms with E-state index in [1.165, 1.54) is 0 Å². The van der Waals surface area contributed by atoms with Crippen molar-refractivity contribution >= 4 is 5.78 Å². The number of carbonyl (C=O) groups is 1. The number of alkyl halides is 9. The molecule has 11 heteroatoms. The maximum Gasteiger partial charge on any atom is 0.460 e. The van der Waals surface area contributed by atoms with Gasteiger partial charge in [0.1, 0.15) is 5.82 Å². The monoisotopic (exact) mass is 356 g/mol. The molecule has 0 aliphatic rings. The lowest BCUT2D eigenvalue weighted by molar-refractivity contribution is -0.386. The van der Waals surface area contributed by atoms with Crippen LogP contribution in [-0.4, -0.2) is 29.7 Å².